The Balaban J connectivity index is 2.71. The summed E-state index contributed by atoms with van der Waals surface area (Å²) in [7, 11) is 1.64. The van der Waals surface area contributed by atoms with E-state index >= 15 is 0 Å². The van der Waals surface area contributed by atoms with Crippen LogP contribution >= 0.6 is 11.6 Å². The van der Waals surface area contributed by atoms with Gasteiger partial charge in [-0.2, -0.15) is 0 Å². The molecule has 0 aromatic heterocycles. The Hall–Kier alpha value is -0.730. The zero-order valence-corrected chi connectivity index (χ0v) is 9.93. The Morgan fingerprint density at radius 2 is 2.13 bits per heavy atom. The first-order valence-electron chi connectivity index (χ1n) is 5.02. The lowest BCUT2D eigenvalue weighted by molar-refractivity contribution is 0.161. The topological polar surface area (TPSA) is 29.5 Å². The highest BCUT2D eigenvalue weighted by Crippen LogP contribution is 2.51. The van der Waals surface area contributed by atoms with Crippen molar-refractivity contribution in [3.05, 3.63) is 28.3 Å². The SMILES string of the molecule is COc1ccc(Cl)c2c1C(C)(C)CC2O. The Labute approximate surface area is 94.8 Å². The van der Waals surface area contributed by atoms with E-state index < -0.39 is 6.10 Å². The molecule has 0 saturated carbocycles. The van der Waals surface area contributed by atoms with Crippen LogP contribution < -0.4 is 4.74 Å². The first kappa shape index (κ1) is 10.8. The third-order valence-electron chi connectivity index (χ3n) is 3.09. The summed E-state index contributed by atoms with van der Waals surface area (Å²) in [5.41, 5.74) is 1.80. The smallest absolute Gasteiger partial charge is 0.123 e. The van der Waals surface area contributed by atoms with E-state index in [2.05, 4.69) is 13.8 Å². The Morgan fingerprint density at radius 1 is 1.47 bits per heavy atom. The number of hydrogen-bond acceptors (Lipinski definition) is 2. The van der Waals surface area contributed by atoms with Gasteiger partial charge < -0.3 is 9.84 Å². The lowest BCUT2D eigenvalue weighted by Crippen LogP contribution is -2.13. The van der Waals surface area contributed by atoms with Crippen molar-refractivity contribution < 1.29 is 9.84 Å². The van der Waals surface area contributed by atoms with Gasteiger partial charge >= 0.3 is 0 Å². The highest BCUT2D eigenvalue weighted by Gasteiger charge is 2.39. The lowest BCUT2D eigenvalue weighted by atomic mass is 9.86. The van der Waals surface area contributed by atoms with Gasteiger partial charge in [0.05, 0.1) is 13.2 Å². The summed E-state index contributed by atoms with van der Waals surface area (Å²) in [6.07, 6.45) is 0.222. The van der Waals surface area contributed by atoms with E-state index in [1.54, 1.807) is 13.2 Å². The number of aliphatic hydroxyl groups is 1. The van der Waals surface area contributed by atoms with Gasteiger partial charge in [-0.05, 0) is 24.0 Å². The molecule has 1 N–H and O–H groups in total. The van der Waals surface area contributed by atoms with E-state index in [4.69, 9.17) is 16.3 Å². The third-order valence-corrected chi connectivity index (χ3v) is 3.42. The summed E-state index contributed by atoms with van der Waals surface area (Å²) in [6, 6.07) is 3.64. The van der Waals surface area contributed by atoms with Crippen LogP contribution in [0.2, 0.25) is 5.02 Å². The lowest BCUT2D eigenvalue weighted by Gasteiger charge is -2.21. The van der Waals surface area contributed by atoms with Crippen LogP contribution in [0.5, 0.6) is 5.75 Å². The van der Waals surface area contributed by atoms with Crippen LogP contribution in [-0.2, 0) is 5.41 Å². The fourth-order valence-electron chi connectivity index (χ4n) is 2.46. The van der Waals surface area contributed by atoms with Crippen molar-refractivity contribution in [3.8, 4) is 5.75 Å². The van der Waals surface area contributed by atoms with Gasteiger partial charge in [0.25, 0.3) is 0 Å². The van der Waals surface area contributed by atoms with Gasteiger partial charge in [-0.15, -0.1) is 0 Å². The number of aliphatic hydroxyl groups excluding tert-OH is 1. The maximum absolute atomic E-state index is 9.98. The summed E-state index contributed by atoms with van der Waals surface area (Å²) in [4.78, 5) is 0. The summed E-state index contributed by atoms with van der Waals surface area (Å²) in [5, 5.41) is 10.6. The number of ether oxygens (including phenoxy) is 1. The van der Waals surface area contributed by atoms with Gasteiger partial charge in [-0.1, -0.05) is 25.4 Å². The van der Waals surface area contributed by atoms with Crippen LogP contribution in [0.15, 0.2) is 12.1 Å². The number of hydrogen-bond donors (Lipinski definition) is 1. The van der Waals surface area contributed by atoms with Crippen LogP contribution in [-0.4, -0.2) is 12.2 Å². The van der Waals surface area contributed by atoms with E-state index in [0.29, 0.717) is 11.4 Å². The maximum Gasteiger partial charge on any atom is 0.123 e. The normalized spacial score (nSPS) is 22.6. The summed E-state index contributed by atoms with van der Waals surface area (Å²) >= 11 is 6.11. The second kappa shape index (κ2) is 3.39. The number of rotatable bonds is 1. The van der Waals surface area contributed by atoms with E-state index in [-0.39, 0.29) is 5.41 Å². The Morgan fingerprint density at radius 3 is 2.73 bits per heavy atom. The Bertz CT molecular complexity index is 399. The molecule has 0 fully saturated rings. The fraction of sp³-hybridized carbons (Fsp3) is 0.500. The molecule has 3 heteroatoms. The average molecular weight is 227 g/mol. The zero-order valence-electron chi connectivity index (χ0n) is 9.17. The molecule has 2 nitrogen and oxygen atoms in total. The number of halogens is 1. The van der Waals surface area contributed by atoms with Crippen LogP contribution in [0, 0.1) is 0 Å². The maximum atomic E-state index is 9.98. The summed E-state index contributed by atoms with van der Waals surface area (Å²) < 4.78 is 5.33. The molecule has 82 valence electrons. The predicted octanol–water partition coefficient (Wildman–Crippen LogP) is 3.06. The molecule has 1 aromatic carbocycles. The number of fused-ring (bicyclic) bond motifs is 1. The van der Waals surface area contributed by atoms with Crippen LogP contribution in [0.25, 0.3) is 0 Å². The minimum absolute atomic E-state index is 0.0784. The molecule has 0 heterocycles. The molecule has 0 saturated heterocycles. The summed E-state index contributed by atoms with van der Waals surface area (Å²) in [6.45, 7) is 4.20. The molecular weight excluding hydrogens is 212 g/mol. The first-order chi connectivity index (χ1) is 6.97. The summed E-state index contributed by atoms with van der Waals surface area (Å²) in [5.74, 6) is 0.816. The fourth-order valence-corrected chi connectivity index (χ4v) is 2.74. The van der Waals surface area contributed by atoms with Gasteiger partial charge in [0.15, 0.2) is 0 Å². The molecule has 0 radical (unpaired) electrons. The Kier molecular flexibility index (Phi) is 2.44. The van der Waals surface area contributed by atoms with Crippen molar-refractivity contribution in [1.82, 2.24) is 0 Å². The minimum Gasteiger partial charge on any atom is -0.496 e. The van der Waals surface area contributed by atoms with Crippen molar-refractivity contribution >= 4 is 11.6 Å². The molecule has 2 rings (SSSR count). The van der Waals surface area contributed by atoms with Gasteiger partial charge in [0.2, 0.25) is 0 Å². The van der Waals surface area contributed by atoms with E-state index in [0.717, 1.165) is 16.9 Å². The molecule has 0 spiro atoms. The molecular formula is C12H15ClO2. The zero-order chi connectivity index (χ0) is 11.2. The second-order valence-electron chi connectivity index (χ2n) is 4.64. The van der Waals surface area contributed by atoms with Crippen molar-refractivity contribution in [2.24, 2.45) is 0 Å². The standard InChI is InChI=1S/C12H15ClO2/c1-12(2)6-8(14)10-7(13)4-5-9(15-3)11(10)12/h4-5,8,14H,6H2,1-3H3. The van der Waals surface area contributed by atoms with Crippen molar-refractivity contribution in [2.75, 3.05) is 7.11 Å². The molecule has 1 unspecified atom stereocenters. The van der Waals surface area contributed by atoms with Crippen molar-refractivity contribution in [3.63, 3.8) is 0 Å². The quantitative estimate of drug-likeness (QED) is 0.798. The highest BCUT2D eigenvalue weighted by atomic mass is 35.5. The molecule has 1 aromatic rings. The van der Waals surface area contributed by atoms with E-state index in [1.165, 1.54) is 0 Å². The molecule has 0 aliphatic heterocycles. The average Bonchev–Trinajstić information content (AvgIpc) is 2.39. The molecule has 1 aliphatic carbocycles. The first-order valence-corrected chi connectivity index (χ1v) is 5.40. The molecule has 1 aliphatic rings. The van der Waals surface area contributed by atoms with Gasteiger partial charge in [-0.3, -0.25) is 0 Å². The van der Waals surface area contributed by atoms with Gasteiger partial charge in [-0.25, -0.2) is 0 Å². The number of methoxy groups -OCH3 is 1. The second-order valence-corrected chi connectivity index (χ2v) is 5.05. The van der Waals surface area contributed by atoms with Crippen LogP contribution in [0.3, 0.4) is 0 Å². The highest BCUT2D eigenvalue weighted by molar-refractivity contribution is 6.31. The van der Waals surface area contributed by atoms with Crippen LogP contribution in [0.4, 0.5) is 0 Å². The molecule has 0 amide bonds. The third kappa shape index (κ3) is 1.52. The van der Waals surface area contributed by atoms with Crippen molar-refractivity contribution in [2.45, 2.75) is 31.8 Å². The van der Waals surface area contributed by atoms with E-state index in [1.807, 2.05) is 6.07 Å². The monoisotopic (exact) mass is 226 g/mol. The predicted molar refractivity (Wildman–Crippen MR) is 60.6 cm³/mol. The van der Waals surface area contributed by atoms with Gasteiger partial charge in [0.1, 0.15) is 5.75 Å². The van der Waals surface area contributed by atoms with E-state index in [9.17, 15) is 5.11 Å². The number of benzene rings is 1. The largest absolute Gasteiger partial charge is 0.496 e. The van der Waals surface area contributed by atoms with Crippen molar-refractivity contribution in [1.29, 1.82) is 0 Å². The van der Waals surface area contributed by atoms with Gasteiger partial charge in [0, 0.05) is 16.1 Å². The molecule has 15 heavy (non-hydrogen) atoms. The molecule has 0 bridgehead atoms. The molecule has 1 atom stereocenters. The van der Waals surface area contributed by atoms with Crippen LogP contribution in [0.1, 0.15) is 37.5 Å². The minimum atomic E-state index is -0.474.